The Labute approximate surface area is 303 Å². The second kappa shape index (κ2) is 17.3. The molecule has 0 bridgehead atoms. The minimum atomic E-state index is -0.333. The van der Waals surface area contributed by atoms with E-state index in [9.17, 15) is 14.4 Å². The van der Waals surface area contributed by atoms with Crippen molar-refractivity contribution in [2.75, 3.05) is 13.2 Å². The van der Waals surface area contributed by atoms with E-state index in [0.717, 1.165) is 68.1 Å². The molecule has 6 unspecified atom stereocenters. The Morgan fingerprint density at radius 1 is 0.608 bits per heavy atom. The number of carbonyl (C=O) groups excluding carboxylic acids is 3. The molecule has 0 spiro atoms. The van der Waals surface area contributed by atoms with Crippen LogP contribution in [0, 0.1) is 11.8 Å². The molecule has 0 amide bonds. The number of esters is 3. The monoisotopic (exact) mass is 700 g/mol. The zero-order chi connectivity index (χ0) is 35.8. The third kappa shape index (κ3) is 11.2. The third-order valence-corrected chi connectivity index (χ3v) is 10.9. The van der Waals surface area contributed by atoms with Gasteiger partial charge in [0, 0.05) is 12.8 Å². The van der Waals surface area contributed by atoms with Crippen LogP contribution in [-0.4, -0.2) is 68.7 Å². The molecule has 0 aromatic heterocycles. The molecule has 2 aromatic rings. The van der Waals surface area contributed by atoms with Gasteiger partial charge in [-0.05, 0) is 55.7 Å². The summed E-state index contributed by atoms with van der Waals surface area (Å²) in [6.07, 6.45) is 12.6. The van der Waals surface area contributed by atoms with Crippen molar-refractivity contribution in [1.29, 1.82) is 0 Å². The van der Waals surface area contributed by atoms with Crippen molar-refractivity contribution in [3.05, 3.63) is 59.7 Å². The van der Waals surface area contributed by atoms with Crippen LogP contribution in [0.15, 0.2) is 48.5 Å². The molecule has 274 valence electrons. The first-order valence-corrected chi connectivity index (χ1v) is 19.0. The molecule has 0 N–H and O–H groups in total. The zero-order valence-corrected chi connectivity index (χ0v) is 30.3. The summed E-state index contributed by atoms with van der Waals surface area (Å²) in [6, 6.07) is 15.1. The maximum atomic E-state index is 12.5. The van der Waals surface area contributed by atoms with Gasteiger partial charge in [0.05, 0.1) is 18.8 Å². The van der Waals surface area contributed by atoms with E-state index >= 15 is 0 Å². The molecule has 4 fully saturated rings. The van der Waals surface area contributed by atoms with E-state index in [2.05, 4.69) is 21.3 Å². The molecular weight excluding hydrogens is 647 g/mol. The number of ether oxygens (including phenoxy) is 6. The van der Waals surface area contributed by atoms with Crippen LogP contribution in [0.2, 0.25) is 0 Å². The Kier molecular flexibility index (Phi) is 12.7. The number of hydrogen-bond donors (Lipinski definition) is 0. The van der Waals surface area contributed by atoms with E-state index in [0.29, 0.717) is 93.1 Å². The molecule has 0 radical (unpaired) electrons. The van der Waals surface area contributed by atoms with Crippen molar-refractivity contribution in [3.63, 3.8) is 0 Å². The van der Waals surface area contributed by atoms with E-state index in [1.165, 1.54) is 0 Å². The van der Waals surface area contributed by atoms with Crippen LogP contribution in [0.1, 0.15) is 115 Å². The van der Waals surface area contributed by atoms with Crippen molar-refractivity contribution in [3.8, 4) is 11.5 Å². The van der Waals surface area contributed by atoms with E-state index < -0.39 is 0 Å². The molecule has 51 heavy (non-hydrogen) atoms. The Hall–Kier alpha value is -3.50. The first-order chi connectivity index (χ1) is 24.6. The summed E-state index contributed by atoms with van der Waals surface area (Å²) < 4.78 is 33.6. The number of hydrogen-bond acceptors (Lipinski definition) is 9. The fraction of sp³-hybridized carbons (Fsp3) is 0.610. The summed E-state index contributed by atoms with van der Waals surface area (Å²) in [5, 5.41) is 0. The first kappa shape index (κ1) is 37.3. The molecule has 2 saturated heterocycles. The van der Waals surface area contributed by atoms with Gasteiger partial charge in [-0.1, -0.05) is 26.0 Å². The van der Waals surface area contributed by atoms with Crippen molar-refractivity contribution in [2.24, 2.45) is 11.8 Å². The molecular formula is C41H53BO9. The molecule has 2 aliphatic heterocycles. The van der Waals surface area contributed by atoms with E-state index in [1.807, 2.05) is 36.4 Å². The summed E-state index contributed by atoms with van der Waals surface area (Å²) in [6.45, 7) is 5.42. The van der Waals surface area contributed by atoms with Gasteiger partial charge < -0.3 is 14.2 Å². The Balaban J connectivity index is 0.834. The molecule has 2 aliphatic carbocycles. The summed E-state index contributed by atoms with van der Waals surface area (Å²) in [5.74, 6) is 1.19. The molecule has 2 aromatic carbocycles. The zero-order valence-electron chi connectivity index (χ0n) is 30.3. The van der Waals surface area contributed by atoms with Crippen LogP contribution in [0.4, 0.5) is 0 Å². The molecule has 4 aliphatic rings. The third-order valence-electron chi connectivity index (χ3n) is 10.9. The molecule has 6 atom stereocenters. The van der Waals surface area contributed by atoms with Gasteiger partial charge in [0.15, 0.2) is 0 Å². The molecule has 2 heterocycles. The number of rotatable bonds is 19. The molecule has 9 nitrogen and oxygen atoms in total. The Bertz CT molecular complexity index is 1390. The summed E-state index contributed by atoms with van der Waals surface area (Å²) in [4.78, 5) is 37.0. The van der Waals surface area contributed by atoms with Crippen molar-refractivity contribution in [2.45, 2.75) is 134 Å². The predicted octanol–water partition coefficient (Wildman–Crippen LogP) is 6.67. The van der Waals surface area contributed by atoms with E-state index in [4.69, 9.17) is 28.4 Å². The van der Waals surface area contributed by atoms with Gasteiger partial charge in [-0.2, -0.15) is 0 Å². The number of fused-ring (bicyclic) bond motifs is 2. The van der Waals surface area contributed by atoms with Gasteiger partial charge in [-0.3, -0.25) is 9.59 Å². The average Bonchev–Trinajstić information content (AvgIpc) is 4.06. The van der Waals surface area contributed by atoms with Crippen LogP contribution >= 0.6 is 0 Å². The number of unbranched alkanes of at least 4 members (excludes halogenated alkanes) is 2. The van der Waals surface area contributed by atoms with Crippen LogP contribution in [0.5, 0.6) is 11.5 Å². The normalized spacial score (nSPS) is 24.7. The van der Waals surface area contributed by atoms with E-state index in [-0.39, 0.29) is 29.7 Å². The van der Waals surface area contributed by atoms with Crippen molar-refractivity contribution < 1.29 is 42.8 Å². The summed E-state index contributed by atoms with van der Waals surface area (Å²) >= 11 is 0. The fourth-order valence-electron chi connectivity index (χ4n) is 7.41. The fourth-order valence-corrected chi connectivity index (χ4v) is 7.41. The first-order valence-electron chi connectivity index (χ1n) is 19.0. The van der Waals surface area contributed by atoms with Crippen molar-refractivity contribution in [1.82, 2.24) is 0 Å². The van der Waals surface area contributed by atoms with Gasteiger partial charge in [-0.25, -0.2) is 0 Å². The number of epoxide rings is 2. The van der Waals surface area contributed by atoms with Gasteiger partial charge in [0.1, 0.15) is 5.75 Å². The van der Waals surface area contributed by atoms with Crippen molar-refractivity contribution >= 4 is 31.0 Å². The topological polar surface area (TPSA) is 113 Å². The Morgan fingerprint density at radius 2 is 1.04 bits per heavy atom. The minimum absolute atomic E-state index is 0.205. The van der Waals surface area contributed by atoms with Gasteiger partial charge in [-0.15, -0.1) is 0 Å². The number of benzene rings is 2. The predicted molar refractivity (Wildman–Crippen MR) is 194 cm³/mol. The number of carbonyl (C=O) groups is 3. The SMILES string of the molecule is B=C(CCCCC(=O)Oc1ccc(C(C)(C)c2ccc(OC(=O)CCCCC(=O)OCC3CCC4OC4C3)cc2)cc1)OCC1CCC2OC2C1. The standard InChI is InChI=1S/C41H53BO9/c1-41(2,29-13-17-31(18-14-29)48-39(44)9-4-3-7-37(42)46-25-27-11-21-33-35(23-27)50-33)30-15-19-32(20-16-30)49-40(45)10-6-5-8-38(43)47-26-28-12-22-34-36(24-28)51-34/h13-20,27-28,33-36,42H,3-12,21-26H2,1-2H3. The summed E-state index contributed by atoms with van der Waals surface area (Å²) in [7, 11) is 4.05. The van der Waals surface area contributed by atoms with Crippen LogP contribution in [0.3, 0.4) is 0 Å². The molecule has 2 saturated carbocycles. The van der Waals surface area contributed by atoms with Crippen LogP contribution < -0.4 is 9.47 Å². The molecule has 6 rings (SSSR count). The van der Waals surface area contributed by atoms with Crippen LogP contribution in [0.25, 0.3) is 0 Å². The quantitative estimate of drug-likeness (QED) is 0.0522. The average molecular weight is 701 g/mol. The van der Waals surface area contributed by atoms with Crippen LogP contribution in [-0.2, 0) is 38.7 Å². The summed E-state index contributed by atoms with van der Waals surface area (Å²) in [5.41, 5.74) is 2.57. The van der Waals surface area contributed by atoms with Gasteiger partial charge >= 0.3 is 161 Å². The second-order valence-corrected chi connectivity index (χ2v) is 15.4. The second-order valence-electron chi connectivity index (χ2n) is 15.4. The van der Waals surface area contributed by atoms with E-state index in [1.54, 1.807) is 12.1 Å². The maximum absolute atomic E-state index is 12.5. The Morgan fingerprint density at radius 3 is 1.51 bits per heavy atom. The van der Waals surface area contributed by atoms with Gasteiger partial charge in [0.25, 0.3) is 0 Å². The van der Waals surface area contributed by atoms with Gasteiger partial charge in [0.2, 0.25) is 0 Å². The molecule has 10 heteroatoms.